The summed E-state index contributed by atoms with van der Waals surface area (Å²) in [5.74, 6) is 0.596. The molecule has 2 N–H and O–H groups in total. The van der Waals surface area contributed by atoms with Crippen molar-refractivity contribution in [2.45, 2.75) is 41.0 Å². The fraction of sp³-hybridized carbons (Fsp3) is 0.611. The normalized spacial score (nSPS) is 12.7. The summed E-state index contributed by atoms with van der Waals surface area (Å²) in [6.07, 6.45) is 0.555. The van der Waals surface area contributed by atoms with Gasteiger partial charge in [0.2, 0.25) is 5.91 Å². The topological polar surface area (TPSA) is 60.8 Å². The summed E-state index contributed by atoms with van der Waals surface area (Å²) in [6, 6.07) is 4.73. The van der Waals surface area contributed by atoms with Gasteiger partial charge in [0.25, 0.3) is 0 Å². The van der Waals surface area contributed by atoms with Gasteiger partial charge in [0.1, 0.15) is 0 Å². The molecule has 0 fully saturated rings. The molecule has 1 aromatic carbocycles. The van der Waals surface area contributed by atoms with Crippen LogP contribution in [0.3, 0.4) is 0 Å². The first kappa shape index (κ1) is 18.3. The molecular weight excluding hydrogens is 278 g/mol. The number of phenolic OH excluding ortho intramolecular Hbond substituents is 2. The van der Waals surface area contributed by atoms with E-state index in [1.54, 1.807) is 6.07 Å². The SMILES string of the molecule is CC(C)CN(CC(C)C)C(=O)C(C)Cc1ccc(O)c(O)c1. The molecule has 0 spiro atoms. The number of rotatable bonds is 7. The van der Waals surface area contributed by atoms with Crippen molar-refractivity contribution >= 4 is 5.91 Å². The molecule has 0 heterocycles. The first-order valence-electron chi connectivity index (χ1n) is 8.00. The Morgan fingerprint density at radius 3 is 2.00 bits per heavy atom. The van der Waals surface area contributed by atoms with Gasteiger partial charge in [-0.3, -0.25) is 4.79 Å². The third-order valence-corrected chi connectivity index (χ3v) is 3.49. The third kappa shape index (κ3) is 5.58. The van der Waals surface area contributed by atoms with Crippen molar-refractivity contribution in [1.29, 1.82) is 0 Å². The molecule has 1 unspecified atom stereocenters. The average Bonchev–Trinajstić information content (AvgIpc) is 2.40. The minimum atomic E-state index is -0.151. The predicted molar refractivity (Wildman–Crippen MR) is 88.9 cm³/mol. The second kappa shape index (κ2) is 8.06. The monoisotopic (exact) mass is 307 g/mol. The van der Waals surface area contributed by atoms with Crippen molar-refractivity contribution < 1.29 is 15.0 Å². The largest absolute Gasteiger partial charge is 0.504 e. The molecule has 0 radical (unpaired) electrons. The summed E-state index contributed by atoms with van der Waals surface area (Å²) in [4.78, 5) is 14.6. The van der Waals surface area contributed by atoms with Gasteiger partial charge in [-0.25, -0.2) is 0 Å². The van der Waals surface area contributed by atoms with E-state index >= 15 is 0 Å². The molecule has 22 heavy (non-hydrogen) atoms. The highest BCUT2D eigenvalue weighted by Gasteiger charge is 2.22. The fourth-order valence-electron chi connectivity index (χ4n) is 2.58. The number of aromatic hydroxyl groups is 2. The fourth-order valence-corrected chi connectivity index (χ4v) is 2.58. The van der Waals surface area contributed by atoms with Crippen LogP contribution in [-0.2, 0) is 11.2 Å². The van der Waals surface area contributed by atoms with Crippen LogP contribution in [0.2, 0.25) is 0 Å². The molecule has 1 atom stereocenters. The van der Waals surface area contributed by atoms with Crippen molar-refractivity contribution in [3.05, 3.63) is 23.8 Å². The zero-order valence-corrected chi connectivity index (χ0v) is 14.3. The Morgan fingerprint density at radius 1 is 1.00 bits per heavy atom. The Morgan fingerprint density at radius 2 is 1.55 bits per heavy atom. The molecule has 0 saturated heterocycles. The lowest BCUT2D eigenvalue weighted by molar-refractivity contribution is -0.136. The summed E-state index contributed by atoms with van der Waals surface area (Å²) < 4.78 is 0. The van der Waals surface area contributed by atoms with Gasteiger partial charge in [-0.15, -0.1) is 0 Å². The highest BCUT2D eigenvalue weighted by Crippen LogP contribution is 2.26. The molecule has 1 rings (SSSR count). The van der Waals surface area contributed by atoms with E-state index < -0.39 is 0 Å². The molecule has 0 aliphatic carbocycles. The predicted octanol–water partition coefficient (Wildman–Crippen LogP) is 3.42. The second-order valence-electron chi connectivity index (χ2n) is 6.96. The van der Waals surface area contributed by atoms with Gasteiger partial charge in [-0.05, 0) is 36.0 Å². The van der Waals surface area contributed by atoms with Crippen molar-refractivity contribution in [2.24, 2.45) is 17.8 Å². The van der Waals surface area contributed by atoms with Crippen molar-refractivity contribution in [2.75, 3.05) is 13.1 Å². The van der Waals surface area contributed by atoms with E-state index in [4.69, 9.17) is 0 Å². The highest BCUT2D eigenvalue weighted by molar-refractivity contribution is 5.78. The number of benzene rings is 1. The maximum Gasteiger partial charge on any atom is 0.225 e. The molecule has 1 aromatic rings. The average molecular weight is 307 g/mol. The number of hydrogen-bond donors (Lipinski definition) is 2. The van der Waals surface area contributed by atoms with Gasteiger partial charge >= 0.3 is 0 Å². The van der Waals surface area contributed by atoms with Crippen LogP contribution >= 0.6 is 0 Å². The van der Waals surface area contributed by atoms with Crippen LogP contribution in [0.4, 0.5) is 0 Å². The first-order chi connectivity index (χ1) is 10.2. The van der Waals surface area contributed by atoms with Gasteiger partial charge < -0.3 is 15.1 Å². The van der Waals surface area contributed by atoms with Crippen molar-refractivity contribution in [3.63, 3.8) is 0 Å². The first-order valence-corrected chi connectivity index (χ1v) is 8.00. The summed E-state index contributed by atoms with van der Waals surface area (Å²) in [7, 11) is 0. The third-order valence-electron chi connectivity index (χ3n) is 3.49. The number of phenols is 2. The zero-order chi connectivity index (χ0) is 16.9. The maximum atomic E-state index is 12.7. The standard InChI is InChI=1S/C18H29NO3/c1-12(2)10-19(11-13(3)4)18(22)14(5)8-15-6-7-16(20)17(21)9-15/h6-7,9,12-14,20-21H,8,10-11H2,1-5H3. The number of hydrogen-bond acceptors (Lipinski definition) is 3. The minimum absolute atomic E-state index is 0.135. The molecule has 4 heteroatoms. The van der Waals surface area contributed by atoms with Crippen LogP contribution in [0.5, 0.6) is 11.5 Å². The minimum Gasteiger partial charge on any atom is -0.504 e. The molecule has 0 bridgehead atoms. The van der Waals surface area contributed by atoms with E-state index in [1.807, 2.05) is 11.8 Å². The van der Waals surface area contributed by atoms with Gasteiger partial charge in [0.15, 0.2) is 11.5 Å². The Balaban J connectivity index is 2.77. The molecule has 0 aliphatic rings. The van der Waals surface area contributed by atoms with Crippen LogP contribution in [-0.4, -0.2) is 34.1 Å². The van der Waals surface area contributed by atoms with E-state index in [-0.39, 0.29) is 23.3 Å². The molecule has 0 aromatic heterocycles. The molecule has 0 aliphatic heterocycles. The van der Waals surface area contributed by atoms with E-state index in [1.165, 1.54) is 12.1 Å². The molecular formula is C18H29NO3. The quantitative estimate of drug-likeness (QED) is 0.759. The molecule has 124 valence electrons. The van der Waals surface area contributed by atoms with Crippen molar-refractivity contribution in [3.8, 4) is 11.5 Å². The second-order valence-corrected chi connectivity index (χ2v) is 6.96. The lowest BCUT2D eigenvalue weighted by Crippen LogP contribution is -2.40. The van der Waals surface area contributed by atoms with Crippen LogP contribution in [0.25, 0.3) is 0 Å². The van der Waals surface area contributed by atoms with E-state index in [0.717, 1.165) is 18.7 Å². The van der Waals surface area contributed by atoms with E-state index in [0.29, 0.717) is 18.3 Å². The lowest BCUT2D eigenvalue weighted by atomic mass is 9.98. The maximum absolute atomic E-state index is 12.7. The van der Waals surface area contributed by atoms with Gasteiger partial charge in [-0.1, -0.05) is 40.7 Å². The Kier molecular flexibility index (Phi) is 6.72. The van der Waals surface area contributed by atoms with E-state index in [9.17, 15) is 15.0 Å². The Hall–Kier alpha value is -1.71. The number of carbonyl (C=O) groups is 1. The number of carbonyl (C=O) groups excluding carboxylic acids is 1. The molecule has 4 nitrogen and oxygen atoms in total. The highest BCUT2D eigenvalue weighted by atomic mass is 16.3. The van der Waals surface area contributed by atoms with Crippen LogP contribution in [0.1, 0.15) is 40.2 Å². The Labute approximate surface area is 133 Å². The van der Waals surface area contributed by atoms with Crippen LogP contribution < -0.4 is 0 Å². The zero-order valence-electron chi connectivity index (χ0n) is 14.3. The van der Waals surface area contributed by atoms with Crippen LogP contribution in [0.15, 0.2) is 18.2 Å². The van der Waals surface area contributed by atoms with Gasteiger partial charge in [0, 0.05) is 19.0 Å². The number of nitrogens with zero attached hydrogens (tertiary/aromatic N) is 1. The van der Waals surface area contributed by atoms with Crippen molar-refractivity contribution in [1.82, 2.24) is 4.90 Å². The smallest absolute Gasteiger partial charge is 0.225 e. The van der Waals surface area contributed by atoms with E-state index in [2.05, 4.69) is 27.7 Å². The van der Waals surface area contributed by atoms with Gasteiger partial charge in [-0.2, -0.15) is 0 Å². The van der Waals surface area contributed by atoms with Crippen LogP contribution in [0, 0.1) is 17.8 Å². The summed E-state index contributed by atoms with van der Waals surface area (Å²) >= 11 is 0. The number of amides is 1. The van der Waals surface area contributed by atoms with Gasteiger partial charge in [0.05, 0.1) is 0 Å². The molecule has 0 saturated carbocycles. The summed E-state index contributed by atoms with van der Waals surface area (Å²) in [5.41, 5.74) is 0.852. The summed E-state index contributed by atoms with van der Waals surface area (Å²) in [5, 5.41) is 18.9. The lowest BCUT2D eigenvalue weighted by Gasteiger charge is -2.29. The Bertz CT molecular complexity index is 487. The summed E-state index contributed by atoms with van der Waals surface area (Å²) in [6.45, 7) is 11.9. The molecule has 1 amide bonds.